The van der Waals surface area contributed by atoms with Crippen LogP contribution in [0.3, 0.4) is 0 Å². The van der Waals surface area contributed by atoms with Crippen molar-refractivity contribution < 1.29 is 22.8 Å². The number of alkyl halides is 3. The molecule has 2 fully saturated rings. The van der Waals surface area contributed by atoms with Gasteiger partial charge in [-0.25, -0.2) is 4.68 Å². The van der Waals surface area contributed by atoms with E-state index in [-0.39, 0.29) is 35.2 Å². The van der Waals surface area contributed by atoms with Crippen LogP contribution in [0.25, 0.3) is 5.69 Å². The Balaban J connectivity index is 1.49. The van der Waals surface area contributed by atoms with Gasteiger partial charge in [-0.3, -0.25) is 9.59 Å². The Morgan fingerprint density at radius 2 is 1.73 bits per heavy atom. The molecule has 30 heavy (non-hydrogen) atoms. The lowest BCUT2D eigenvalue weighted by atomic mass is 9.95. The number of hydrogen-bond acceptors (Lipinski definition) is 3. The van der Waals surface area contributed by atoms with Gasteiger partial charge in [0.15, 0.2) is 0 Å². The topological polar surface area (TPSA) is 67.2 Å². The van der Waals surface area contributed by atoms with Gasteiger partial charge in [0.25, 0.3) is 0 Å². The highest BCUT2D eigenvalue weighted by Gasteiger charge is 2.37. The minimum atomic E-state index is -4.54. The summed E-state index contributed by atoms with van der Waals surface area (Å²) in [6, 6.07) is 6.69. The quantitative estimate of drug-likeness (QED) is 0.819. The van der Waals surface area contributed by atoms with Gasteiger partial charge in [-0.05, 0) is 44.7 Å². The van der Waals surface area contributed by atoms with Crippen molar-refractivity contribution in [3.05, 3.63) is 41.6 Å². The second kappa shape index (κ2) is 7.77. The normalized spacial score (nSPS) is 17.8. The van der Waals surface area contributed by atoms with Crippen LogP contribution in [0.1, 0.15) is 36.9 Å². The predicted molar refractivity (Wildman–Crippen MR) is 104 cm³/mol. The van der Waals surface area contributed by atoms with Gasteiger partial charge in [-0.1, -0.05) is 12.1 Å². The van der Waals surface area contributed by atoms with E-state index in [1.54, 1.807) is 13.0 Å². The number of carbonyl (C=O) groups is 2. The van der Waals surface area contributed by atoms with Gasteiger partial charge in [0.1, 0.15) is 5.82 Å². The van der Waals surface area contributed by atoms with Crippen LogP contribution in [-0.2, 0) is 15.8 Å². The van der Waals surface area contributed by atoms with E-state index >= 15 is 0 Å². The summed E-state index contributed by atoms with van der Waals surface area (Å²) in [5.74, 6) is -0.0349. The van der Waals surface area contributed by atoms with Crippen molar-refractivity contribution in [2.75, 3.05) is 18.4 Å². The van der Waals surface area contributed by atoms with Crippen LogP contribution in [0.15, 0.2) is 30.3 Å². The van der Waals surface area contributed by atoms with E-state index in [2.05, 4.69) is 10.4 Å². The fourth-order valence-electron chi connectivity index (χ4n) is 3.85. The van der Waals surface area contributed by atoms with Gasteiger partial charge in [0, 0.05) is 31.0 Å². The molecule has 1 saturated heterocycles. The Labute approximate surface area is 172 Å². The van der Waals surface area contributed by atoms with Crippen molar-refractivity contribution in [3.63, 3.8) is 0 Å². The molecule has 0 atom stereocenters. The number of benzene rings is 1. The van der Waals surface area contributed by atoms with Gasteiger partial charge in [-0.2, -0.15) is 18.3 Å². The van der Waals surface area contributed by atoms with Crippen LogP contribution >= 0.6 is 0 Å². The number of amides is 2. The van der Waals surface area contributed by atoms with Crippen molar-refractivity contribution in [2.24, 2.45) is 11.8 Å². The molecule has 2 amide bonds. The number of nitrogens with one attached hydrogen (secondary N) is 1. The number of aryl methyl sites for hydroxylation is 1. The average Bonchev–Trinajstić information content (AvgIpc) is 3.50. The van der Waals surface area contributed by atoms with Crippen LogP contribution < -0.4 is 5.32 Å². The molecule has 1 aliphatic heterocycles. The zero-order chi connectivity index (χ0) is 21.5. The molecule has 1 N–H and O–H groups in total. The standard InChI is InChI=1S/C21H23F3N4O2/c1-13-12-18(28(26-13)17-5-3-2-4-16(17)21(22,23)24)25-19(29)14-8-10-27(11-9-14)20(30)15-6-7-15/h2-5,12,14-15H,6-11H2,1H3,(H,25,29). The third-order valence-electron chi connectivity index (χ3n) is 5.62. The van der Waals surface area contributed by atoms with Gasteiger partial charge >= 0.3 is 6.18 Å². The molecule has 160 valence electrons. The summed E-state index contributed by atoms with van der Waals surface area (Å²) in [6.07, 6.45) is -1.57. The Bertz CT molecular complexity index is 957. The lowest BCUT2D eigenvalue weighted by molar-refractivity contribution is -0.137. The summed E-state index contributed by atoms with van der Waals surface area (Å²) in [4.78, 5) is 26.8. The van der Waals surface area contributed by atoms with E-state index in [1.165, 1.54) is 18.2 Å². The zero-order valence-electron chi connectivity index (χ0n) is 16.6. The molecule has 0 unspecified atom stereocenters. The van der Waals surface area contributed by atoms with E-state index in [0.29, 0.717) is 31.6 Å². The van der Waals surface area contributed by atoms with E-state index in [0.717, 1.165) is 23.6 Å². The third-order valence-corrected chi connectivity index (χ3v) is 5.62. The number of para-hydroxylation sites is 1. The van der Waals surface area contributed by atoms with E-state index in [4.69, 9.17) is 0 Å². The van der Waals surface area contributed by atoms with Gasteiger partial charge in [0.2, 0.25) is 11.8 Å². The fourth-order valence-corrected chi connectivity index (χ4v) is 3.85. The second-order valence-corrected chi connectivity index (χ2v) is 7.96. The van der Waals surface area contributed by atoms with Gasteiger partial charge < -0.3 is 10.2 Å². The molecule has 1 saturated carbocycles. The molecule has 6 nitrogen and oxygen atoms in total. The van der Waals surface area contributed by atoms with Crippen LogP contribution in [0, 0.1) is 18.8 Å². The van der Waals surface area contributed by atoms with Gasteiger partial charge in [-0.15, -0.1) is 0 Å². The minimum Gasteiger partial charge on any atom is -0.342 e. The molecule has 4 rings (SSSR count). The van der Waals surface area contributed by atoms with E-state index in [1.807, 2.05) is 4.90 Å². The highest BCUT2D eigenvalue weighted by atomic mass is 19.4. The molecule has 2 heterocycles. The number of nitrogens with zero attached hydrogens (tertiary/aromatic N) is 3. The third kappa shape index (κ3) is 4.20. The van der Waals surface area contributed by atoms with Crippen LogP contribution in [0.5, 0.6) is 0 Å². The first-order valence-electron chi connectivity index (χ1n) is 10.1. The molecule has 0 spiro atoms. The van der Waals surface area contributed by atoms with Gasteiger partial charge in [0.05, 0.1) is 16.9 Å². The monoisotopic (exact) mass is 420 g/mol. The fraction of sp³-hybridized carbons (Fsp3) is 0.476. The van der Waals surface area contributed by atoms with Crippen LogP contribution in [0.4, 0.5) is 19.0 Å². The van der Waals surface area contributed by atoms with Crippen molar-refractivity contribution in [1.82, 2.24) is 14.7 Å². The molecule has 1 aromatic carbocycles. The van der Waals surface area contributed by atoms with Crippen molar-refractivity contribution in [1.29, 1.82) is 0 Å². The maximum absolute atomic E-state index is 13.4. The van der Waals surface area contributed by atoms with Crippen molar-refractivity contribution in [3.8, 4) is 5.69 Å². The first-order valence-corrected chi connectivity index (χ1v) is 10.1. The molecule has 9 heteroatoms. The molecule has 1 aliphatic carbocycles. The van der Waals surface area contributed by atoms with Crippen LogP contribution in [-0.4, -0.2) is 39.6 Å². The maximum atomic E-state index is 13.4. The summed E-state index contributed by atoms with van der Waals surface area (Å²) in [5, 5.41) is 6.91. The zero-order valence-corrected chi connectivity index (χ0v) is 16.6. The Morgan fingerprint density at radius 1 is 1.07 bits per heavy atom. The molecule has 1 aromatic heterocycles. The number of hydrogen-bond donors (Lipinski definition) is 1. The second-order valence-electron chi connectivity index (χ2n) is 7.96. The molecule has 0 radical (unpaired) electrons. The summed E-state index contributed by atoms with van der Waals surface area (Å²) in [7, 11) is 0. The molecule has 0 bridgehead atoms. The van der Waals surface area contributed by atoms with Crippen molar-refractivity contribution >= 4 is 17.6 Å². The first kappa shape index (κ1) is 20.4. The number of likely N-dealkylation sites (tertiary alicyclic amines) is 1. The molecular formula is C21H23F3N4O2. The number of piperidine rings is 1. The smallest absolute Gasteiger partial charge is 0.342 e. The number of carbonyl (C=O) groups excluding carboxylic acids is 2. The first-order chi connectivity index (χ1) is 14.2. The number of aromatic nitrogens is 2. The molecule has 2 aromatic rings. The minimum absolute atomic E-state index is 0.141. The average molecular weight is 420 g/mol. The van der Waals surface area contributed by atoms with E-state index in [9.17, 15) is 22.8 Å². The lowest BCUT2D eigenvalue weighted by Gasteiger charge is -2.31. The van der Waals surface area contributed by atoms with Crippen molar-refractivity contribution in [2.45, 2.75) is 38.8 Å². The Hall–Kier alpha value is -2.84. The summed E-state index contributed by atoms with van der Waals surface area (Å²) in [6.45, 7) is 2.72. The maximum Gasteiger partial charge on any atom is 0.418 e. The number of rotatable bonds is 4. The van der Waals surface area contributed by atoms with E-state index < -0.39 is 11.7 Å². The largest absolute Gasteiger partial charge is 0.418 e. The highest BCUT2D eigenvalue weighted by Crippen LogP contribution is 2.35. The molecule has 2 aliphatic rings. The predicted octanol–water partition coefficient (Wildman–Crippen LogP) is 3.79. The number of halogens is 3. The summed E-state index contributed by atoms with van der Waals surface area (Å²) >= 11 is 0. The summed E-state index contributed by atoms with van der Waals surface area (Å²) in [5.41, 5.74) is -0.471. The molecular weight excluding hydrogens is 397 g/mol. The Morgan fingerprint density at radius 3 is 2.37 bits per heavy atom. The highest BCUT2D eigenvalue weighted by molar-refractivity contribution is 5.92. The SMILES string of the molecule is Cc1cc(NC(=O)C2CCN(C(=O)C3CC3)CC2)n(-c2ccccc2C(F)(F)F)n1. The van der Waals surface area contributed by atoms with Crippen LogP contribution in [0.2, 0.25) is 0 Å². The lowest BCUT2D eigenvalue weighted by Crippen LogP contribution is -2.42. The number of anilines is 1. The summed E-state index contributed by atoms with van der Waals surface area (Å²) < 4.78 is 41.4. The Kier molecular flexibility index (Phi) is 5.29.